The predicted octanol–water partition coefficient (Wildman–Crippen LogP) is 3.17. The average molecular weight is 325 g/mol. The van der Waals surface area contributed by atoms with Crippen molar-refractivity contribution < 1.29 is 19.1 Å². The van der Waals surface area contributed by atoms with E-state index < -0.39 is 0 Å². The standard InChI is InChI=1S/C19H19NO4/c1-2-24-16(21)11-3-4-12-20-18(22)14-9-5-7-13-8-6-10-15(17(13)14)19(20)23/h5-10H,2-4,11-12H2,1H3. The van der Waals surface area contributed by atoms with Gasteiger partial charge in [0.05, 0.1) is 6.61 Å². The summed E-state index contributed by atoms with van der Waals surface area (Å²) < 4.78 is 4.87. The molecule has 5 nitrogen and oxygen atoms in total. The molecule has 24 heavy (non-hydrogen) atoms. The van der Waals surface area contributed by atoms with Crippen molar-refractivity contribution in [2.45, 2.75) is 26.2 Å². The van der Waals surface area contributed by atoms with Crippen molar-refractivity contribution in [3.8, 4) is 0 Å². The Balaban J connectivity index is 1.74. The molecule has 0 unspecified atom stereocenters. The summed E-state index contributed by atoms with van der Waals surface area (Å²) in [6.07, 6.45) is 1.46. The summed E-state index contributed by atoms with van der Waals surface area (Å²) in [5, 5.41) is 1.63. The van der Waals surface area contributed by atoms with Gasteiger partial charge < -0.3 is 4.74 Å². The van der Waals surface area contributed by atoms with Crippen LogP contribution in [0, 0.1) is 0 Å². The van der Waals surface area contributed by atoms with Gasteiger partial charge in [0.25, 0.3) is 11.8 Å². The molecule has 0 N–H and O–H groups in total. The van der Waals surface area contributed by atoms with Crippen LogP contribution in [-0.4, -0.2) is 35.8 Å². The first kappa shape index (κ1) is 16.2. The van der Waals surface area contributed by atoms with Crippen LogP contribution in [0.4, 0.5) is 0 Å². The quantitative estimate of drug-likeness (QED) is 0.465. The molecule has 0 bridgehead atoms. The third-order valence-electron chi connectivity index (χ3n) is 4.17. The Hall–Kier alpha value is -2.69. The molecule has 0 saturated carbocycles. The monoisotopic (exact) mass is 325 g/mol. The van der Waals surface area contributed by atoms with Gasteiger partial charge in [0.2, 0.25) is 0 Å². The van der Waals surface area contributed by atoms with E-state index in [9.17, 15) is 14.4 Å². The molecule has 0 fully saturated rings. The number of carbonyl (C=O) groups excluding carboxylic acids is 3. The number of rotatable bonds is 6. The summed E-state index contributed by atoms with van der Waals surface area (Å²) in [6, 6.07) is 11.0. The van der Waals surface area contributed by atoms with Gasteiger partial charge in [-0.2, -0.15) is 0 Å². The second-order valence-electron chi connectivity index (χ2n) is 5.73. The van der Waals surface area contributed by atoms with Crippen LogP contribution >= 0.6 is 0 Å². The van der Waals surface area contributed by atoms with Gasteiger partial charge in [0, 0.05) is 29.5 Å². The van der Waals surface area contributed by atoms with Gasteiger partial charge in [0.1, 0.15) is 0 Å². The molecular weight excluding hydrogens is 306 g/mol. The zero-order valence-electron chi connectivity index (χ0n) is 13.6. The van der Waals surface area contributed by atoms with Crippen LogP contribution in [0.25, 0.3) is 10.8 Å². The lowest BCUT2D eigenvalue weighted by Gasteiger charge is -2.27. The molecule has 0 radical (unpaired) electrons. The molecule has 3 rings (SSSR count). The maximum absolute atomic E-state index is 12.7. The lowest BCUT2D eigenvalue weighted by Crippen LogP contribution is -2.40. The fourth-order valence-electron chi connectivity index (χ4n) is 3.06. The molecule has 1 heterocycles. The molecule has 0 atom stereocenters. The molecular formula is C19H19NO4. The summed E-state index contributed by atoms with van der Waals surface area (Å²) >= 11 is 0. The van der Waals surface area contributed by atoms with Gasteiger partial charge >= 0.3 is 5.97 Å². The van der Waals surface area contributed by atoms with E-state index in [0.717, 1.165) is 10.8 Å². The number of esters is 1. The van der Waals surface area contributed by atoms with Crippen molar-refractivity contribution >= 4 is 28.6 Å². The zero-order valence-corrected chi connectivity index (χ0v) is 13.6. The average Bonchev–Trinajstić information content (AvgIpc) is 2.59. The highest BCUT2D eigenvalue weighted by Crippen LogP contribution is 2.30. The summed E-state index contributed by atoms with van der Waals surface area (Å²) in [6.45, 7) is 2.44. The van der Waals surface area contributed by atoms with Crippen LogP contribution in [-0.2, 0) is 9.53 Å². The van der Waals surface area contributed by atoms with Crippen LogP contribution in [0.15, 0.2) is 36.4 Å². The molecule has 1 aliphatic rings. The number of hydrogen-bond donors (Lipinski definition) is 0. The van der Waals surface area contributed by atoms with E-state index in [1.165, 1.54) is 4.90 Å². The molecule has 0 aromatic heterocycles. The highest BCUT2D eigenvalue weighted by molar-refractivity contribution is 6.25. The highest BCUT2D eigenvalue weighted by Gasteiger charge is 2.32. The van der Waals surface area contributed by atoms with E-state index in [0.29, 0.717) is 43.5 Å². The molecule has 1 aliphatic heterocycles. The van der Waals surface area contributed by atoms with E-state index in [2.05, 4.69) is 0 Å². The third kappa shape index (κ3) is 2.89. The van der Waals surface area contributed by atoms with Crippen LogP contribution in [0.5, 0.6) is 0 Å². The Kier molecular flexibility index (Phi) is 4.60. The summed E-state index contributed by atoms with van der Waals surface area (Å²) in [4.78, 5) is 37.9. The van der Waals surface area contributed by atoms with Gasteiger partial charge in [0.15, 0.2) is 0 Å². The first-order valence-electron chi connectivity index (χ1n) is 8.17. The Labute approximate surface area is 140 Å². The fourth-order valence-corrected chi connectivity index (χ4v) is 3.06. The lowest BCUT2D eigenvalue weighted by molar-refractivity contribution is -0.143. The Bertz CT molecular complexity index is 761. The van der Waals surface area contributed by atoms with Crippen molar-refractivity contribution in [3.63, 3.8) is 0 Å². The van der Waals surface area contributed by atoms with Crippen LogP contribution in [0.3, 0.4) is 0 Å². The van der Waals surface area contributed by atoms with Crippen LogP contribution < -0.4 is 0 Å². The van der Waals surface area contributed by atoms with Gasteiger partial charge in [-0.25, -0.2) is 0 Å². The molecule has 124 valence electrons. The smallest absolute Gasteiger partial charge is 0.305 e. The minimum atomic E-state index is -0.263. The molecule has 5 heteroatoms. The first-order valence-corrected chi connectivity index (χ1v) is 8.17. The summed E-state index contributed by atoms with van der Waals surface area (Å²) in [5.41, 5.74) is 1.13. The first-order chi connectivity index (χ1) is 11.6. The van der Waals surface area contributed by atoms with Crippen molar-refractivity contribution in [1.29, 1.82) is 0 Å². The minimum Gasteiger partial charge on any atom is -0.466 e. The number of ether oxygens (including phenoxy) is 1. The Morgan fingerprint density at radius 1 is 1.00 bits per heavy atom. The lowest BCUT2D eigenvalue weighted by atomic mass is 9.94. The number of nitrogens with zero attached hydrogens (tertiary/aromatic N) is 1. The Morgan fingerprint density at radius 3 is 2.21 bits per heavy atom. The van der Waals surface area contributed by atoms with E-state index in [4.69, 9.17) is 4.74 Å². The number of hydrogen-bond acceptors (Lipinski definition) is 4. The molecule has 2 aromatic rings. The maximum Gasteiger partial charge on any atom is 0.305 e. The van der Waals surface area contributed by atoms with E-state index in [1.807, 2.05) is 24.3 Å². The maximum atomic E-state index is 12.7. The zero-order chi connectivity index (χ0) is 17.1. The third-order valence-corrected chi connectivity index (χ3v) is 4.17. The van der Waals surface area contributed by atoms with Crippen molar-refractivity contribution in [1.82, 2.24) is 4.90 Å². The van der Waals surface area contributed by atoms with Gasteiger partial charge in [-0.1, -0.05) is 24.3 Å². The van der Waals surface area contributed by atoms with Crippen molar-refractivity contribution in [2.75, 3.05) is 13.2 Å². The van der Waals surface area contributed by atoms with Crippen molar-refractivity contribution in [2.24, 2.45) is 0 Å². The predicted molar refractivity (Wildman–Crippen MR) is 89.8 cm³/mol. The largest absolute Gasteiger partial charge is 0.466 e. The fraction of sp³-hybridized carbons (Fsp3) is 0.316. The second kappa shape index (κ2) is 6.83. The summed E-state index contributed by atoms with van der Waals surface area (Å²) in [5.74, 6) is -0.773. The number of amides is 2. The van der Waals surface area contributed by atoms with Gasteiger partial charge in [-0.15, -0.1) is 0 Å². The van der Waals surface area contributed by atoms with Crippen molar-refractivity contribution in [3.05, 3.63) is 47.5 Å². The minimum absolute atomic E-state index is 0.246. The number of carbonyl (C=O) groups is 3. The SMILES string of the molecule is CCOC(=O)CCCCN1C(=O)c2cccc3cccc(c23)C1=O. The topological polar surface area (TPSA) is 63.7 Å². The summed E-state index contributed by atoms with van der Waals surface area (Å²) in [7, 11) is 0. The molecule has 2 aromatic carbocycles. The van der Waals surface area contributed by atoms with Crippen LogP contribution in [0.1, 0.15) is 46.9 Å². The van der Waals surface area contributed by atoms with E-state index >= 15 is 0 Å². The number of benzene rings is 2. The molecule has 0 saturated heterocycles. The Morgan fingerprint density at radius 2 is 1.62 bits per heavy atom. The molecule has 0 spiro atoms. The van der Waals surface area contributed by atoms with Gasteiger partial charge in [-0.3, -0.25) is 19.3 Å². The van der Waals surface area contributed by atoms with Crippen LogP contribution in [0.2, 0.25) is 0 Å². The normalized spacial score (nSPS) is 13.5. The highest BCUT2D eigenvalue weighted by atomic mass is 16.5. The number of imide groups is 1. The number of unbranched alkanes of at least 4 members (excludes halogenated alkanes) is 1. The van der Waals surface area contributed by atoms with E-state index in [1.54, 1.807) is 19.1 Å². The van der Waals surface area contributed by atoms with Gasteiger partial charge in [-0.05, 0) is 37.3 Å². The molecule has 2 amide bonds. The molecule has 0 aliphatic carbocycles. The van der Waals surface area contributed by atoms with E-state index in [-0.39, 0.29) is 17.8 Å². The second-order valence-corrected chi connectivity index (χ2v) is 5.73.